The molecule has 0 aliphatic carbocycles. The maximum atomic E-state index is 6.08. The Morgan fingerprint density at radius 1 is 1.13 bits per heavy atom. The van der Waals surface area contributed by atoms with E-state index < -0.39 is 0 Å². The van der Waals surface area contributed by atoms with Gasteiger partial charge < -0.3 is 0 Å². The topological polar surface area (TPSA) is 12.9 Å². The molecule has 0 aliphatic heterocycles. The summed E-state index contributed by atoms with van der Waals surface area (Å²) in [5.41, 5.74) is 1.73. The van der Waals surface area contributed by atoms with Crippen molar-refractivity contribution in [3.8, 4) is 0 Å². The second kappa shape index (κ2) is 4.17. The Hall–Kier alpha value is -0.500. The Kier molecular flexibility index (Phi) is 3.06. The molecule has 2 aromatic rings. The summed E-state index contributed by atoms with van der Waals surface area (Å²) < 4.78 is 0. The van der Waals surface area contributed by atoms with Crippen LogP contribution in [0.1, 0.15) is 12.5 Å². The summed E-state index contributed by atoms with van der Waals surface area (Å²) in [5.74, 6) is 0. The Morgan fingerprint density at radius 2 is 1.87 bits per heavy atom. The number of aryl methyl sites for hydroxylation is 1. The van der Waals surface area contributed by atoms with Crippen molar-refractivity contribution in [3.05, 3.63) is 39.0 Å². The van der Waals surface area contributed by atoms with E-state index in [1.807, 2.05) is 13.0 Å². The molecule has 1 aromatic heterocycles. The molecule has 4 heteroatoms. The van der Waals surface area contributed by atoms with Crippen molar-refractivity contribution in [2.24, 2.45) is 0 Å². The summed E-state index contributed by atoms with van der Waals surface area (Å²) in [5, 5.41) is 2.59. The van der Waals surface area contributed by atoms with Gasteiger partial charge in [0, 0.05) is 10.4 Å². The molecule has 78 valence electrons. The van der Waals surface area contributed by atoms with E-state index >= 15 is 0 Å². The number of halogens is 3. The van der Waals surface area contributed by atoms with Gasteiger partial charge >= 0.3 is 0 Å². The van der Waals surface area contributed by atoms with Crippen LogP contribution >= 0.6 is 34.8 Å². The second-order valence-electron chi connectivity index (χ2n) is 3.25. The number of aromatic nitrogens is 1. The summed E-state index contributed by atoms with van der Waals surface area (Å²) in [4.78, 5) is 4.26. The van der Waals surface area contributed by atoms with Crippen LogP contribution in [0.2, 0.25) is 15.2 Å². The molecular weight excluding hydrogens is 252 g/mol. The number of fused-ring (bicyclic) bond motifs is 1. The normalized spacial score (nSPS) is 10.9. The van der Waals surface area contributed by atoms with Crippen LogP contribution in [0.5, 0.6) is 0 Å². The fourth-order valence-electron chi connectivity index (χ4n) is 1.47. The minimum absolute atomic E-state index is 0.517. The van der Waals surface area contributed by atoms with Crippen molar-refractivity contribution >= 4 is 45.7 Å². The number of hydrogen-bond acceptors (Lipinski definition) is 1. The quantitative estimate of drug-likeness (QED) is 0.674. The second-order valence-corrected chi connectivity index (χ2v) is 4.45. The van der Waals surface area contributed by atoms with E-state index in [4.69, 9.17) is 34.8 Å². The van der Waals surface area contributed by atoms with E-state index in [1.54, 1.807) is 12.1 Å². The van der Waals surface area contributed by atoms with Gasteiger partial charge in [-0.2, -0.15) is 0 Å². The number of pyridine rings is 1. The monoisotopic (exact) mass is 259 g/mol. The number of benzene rings is 1. The predicted molar refractivity (Wildman–Crippen MR) is 66.2 cm³/mol. The standard InChI is InChI=1S/C11H8Cl3N/c1-2-6-3-8-9(13)4-7(12)5-10(8)15-11(6)14/h3-5H,2H2,1H3. The summed E-state index contributed by atoms with van der Waals surface area (Å²) >= 11 is 18.0. The van der Waals surface area contributed by atoms with Gasteiger partial charge in [0.2, 0.25) is 0 Å². The minimum Gasteiger partial charge on any atom is -0.236 e. The number of hydrogen-bond donors (Lipinski definition) is 0. The van der Waals surface area contributed by atoms with Crippen LogP contribution in [0.15, 0.2) is 18.2 Å². The van der Waals surface area contributed by atoms with Gasteiger partial charge in [0.1, 0.15) is 5.15 Å². The summed E-state index contributed by atoms with van der Waals surface area (Å²) in [7, 11) is 0. The van der Waals surface area contributed by atoms with Crippen LogP contribution in [0.4, 0.5) is 0 Å². The van der Waals surface area contributed by atoms with Gasteiger partial charge in [0.05, 0.1) is 10.5 Å². The molecule has 1 heterocycles. The lowest BCUT2D eigenvalue weighted by Crippen LogP contribution is -1.89. The van der Waals surface area contributed by atoms with E-state index in [0.29, 0.717) is 15.2 Å². The molecular formula is C11H8Cl3N. The molecule has 0 N–H and O–H groups in total. The van der Waals surface area contributed by atoms with Gasteiger partial charge in [-0.3, -0.25) is 0 Å². The lowest BCUT2D eigenvalue weighted by molar-refractivity contribution is 1.12. The molecule has 1 aromatic carbocycles. The first-order valence-electron chi connectivity index (χ1n) is 4.56. The lowest BCUT2D eigenvalue weighted by Gasteiger charge is -2.05. The first kappa shape index (κ1) is 11.0. The highest BCUT2D eigenvalue weighted by atomic mass is 35.5. The smallest absolute Gasteiger partial charge is 0.132 e. The van der Waals surface area contributed by atoms with Gasteiger partial charge in [0.15, 0.2) is 0 Å². The molecule has 1 nitrogen and oxygen atoms in total. The Morgan fingerprint density at radius 3 is 2.53 bits per heavy atom. The van der Waals surface area contributed by atoms with Crippen molar-refractivity contribution in [1.29, 1.82) is 0 Å². The summed E-state index contributed by atoms with van der Waals surface area (Å²) in [6.07, 6.45) is 0.834. The third kappa shape index (κ3) is 2.05. The molecule has 0 unspecified atom stereocenters. The van der Waals surface area contributed by atoms with Gasteiger partial charge in [-0.05, 0) is 30.2 Å². The summed E-state index contributed by atoms with van der Waals surface area (Å²) in [6, 6.07) is 5.43. The van der Waals surface area contributed by atoms with Crippen LogP contribution < -0.4 is 0 Å². The van der Waals surface area contributed by atoms with Crippen LogP contribution in [-0.2, 0) is 6.42 Å². The number of nitrogens with zero attached hydrogens (tertiary/aromatic N) is 1. The lowest BCUT2D eigenvalue weighted by atomic mass is 10.1. The summed E-state index contributed by atoms with van der Waals surface area (Å²) in [6.45, 7) is 2.03. The largest absolute Gasteiger partial charge is 0.236 e. The van der Waals surface area contributed by atoms with Crippen LogP contribution in [0.25, 0.3) is 10.9 Å². The fraction of sp³-hybridized carbons (Fsp3) is 0.182. The van der Waals surface area contributed by atoms with Crippen LogP contribution in [0.3, 0.4) is 0 Å². The van der Waals surface area contributed by atoms with E-state index in [1.165, 1.54) is 0 Å². The highest BCUT2D eigenvalue weighted by Crippen LogP contribution is 2.29. The van der Waals surface area contributed by atoms with Crippen molar-refractivity contribution < 1.29 is 0 Å². The van der Waals surface area contributed by atoms with Gasteiger partial charge in [-0.25, -0.2) is 4.98 Å². The number of rotatable bonds is 1. The molecule has 0 amide bonds. The predicted octanol–water partition coefficient (Wildman–Crippen LogP) is 4.76. The molecule has 0 saturated heterocycles. The van der Waals surface area contributed by atoms with E-state index in [-0.39, 0.29) is 0 Å². The van der Waals surface area contributed by atoms with Gasteiger partial charge in [0.25, 0.3) is 0 Å². The zero-order valence-corrected chi connectivity index (χ0v) is 10.3. The maximum absolute atomic E-state index is 6.08. The molecule has 0 fully saturated rings. The van der Waals surface area contributed by atoms with E-state index in [9.17, 15) is 0 Å². The Labute approximate surface area is 103 Å². The minimum atomic E-state index is 0.517. The Bertz CT molecular complexity index is 523. The molecule has 0 radical (unpaired) electrons. The molecule has 0 bridgehead atoms. The highest BCUT2D eigenvalue weighted by molar-refractivity contribution is 6.38. The highest BCUT2D eigenvalue weighted by Gasteiger charge is 2.07. The third-order valence-electron chi connectivity index (χ3n) is 2.26. The maximum Gasteiger partial charge on any atom is 0.132 e. The Balaban J connectivity index is 2.81. The van der Waals surface area contributed by atoms with E-state index in [0.717, 1.165) is 22.9 Å². The van der Waals surface area contributed by atoms with Gasteiger partial charge in [-0.1, -0.05) is 41.7 Å². The molecule has 0 saturated carbocycles. The molecule has 0 spiro atoms. The van der Waals surface area contributed by atoms with Crippen molar-refractivity contribution in [3.63, 3.8) is 0 Å². The van der Waals surface area contributed by atoms with Crippen molar-refractivity contribution in [2.75, 3.05) is 0 Å². The zero-order chi connectivity index (χ0) is 11.0. The fourth-order valence-corrected chi connectivity index (χ4v) is 2.28. The van der Waals surface area contributed by atoms with Crippen LogP contribution in [-0.4, -0.2) is 4.98 Å². The molecule has 0 atom stereocenters. The van der Waals surface area contributed by atoms with Crippen LogP contribution in [0, 0.1) is 0 Å². The van der Waals surface area contributed by atoms with Crippen molar-refractivity contribution in [2.45, 2.75) is 13.3 Å². The van der Waals surface area contributed by atoms with Crippen molar-refractivity contribution in [1.82, 2.24) is 4.98 Å². The molecule has 2 rings (SSSR count). The van der Waals surface area contributed by atoms with Gasteiger partial charge in [-0.15, -0.1) is 0 Å². The average Bonchev–Trinajstić information content (AvgIpc) is 2.16. The van der Waals surface area contributed by atoms with E-state index in [2.05, 4.69) is 4.98 Å². The molecule has 0 aliphatic rings. The molecule has 15 heavy (non-hydrogen) atoms. The third-order valence-corrected chi connectivity index (χ3v) is 3.11. The zero-order valence-electron chi connectivity index (χ0n) is 8.02. The first-order valence-corrected chi connectivity index (χ1v) is 5.69. The first-order chi connectivity index (χ1) is 7.11. The average molecular weight is 261 g/mol. The SMILES string of the molecule is CCc1cc2c(Cl)cc(Cl)cc2nc1Cl.